The van der Waals surface area contributed by atoms with Crippen LogP contribution in [0.2, 0.25) is 0 Å². The van der Waals surface area contributed by atoms with Gasteiger partial charge in [-0.2, -0.15) is 0 Å². The number of hydrogen-bond donors (Lipinski definition) is 1. The van der Waals surface area contributed by atoms with Crippen LogP contribution in [0, 0.1) is 0 Å². The van der Waals surface area contributed by atoms with Crippen LogP contribution in [0.1, 0.15) is 12.0 Å². The van der Waals surface area contributed by atoms with Crippen molar-refractivity contribution in [3.63, 3.8) is 0 Å². The first-order chi connectivity index (χ1) is 7.78. The first kappa shape index (κ1) is 11.4. The van der Waals surface area contributed by atoms with Crippen molar-refractivity contribution in [2.24, 2.45) is 0 Å². The molecule has 4 heteroatoms. The summed E-state index contributed by atoms with van der Waals surface area (Å²) in [7, 11) is 3.81. The van der Waals surface area contributed by atoms with E-state index in [-0.39, 0.29) is 0 Å². The van der Waals surface area contributed by atoms with E-state index in [0.717, 1.165) is 13.1 Å². The first-order valence-corrected chi connectivity index (χ1v) is 5.69. The zero-order chi connectivity index (χ0) is 11.4. The fourth-order valence-electron chi connectivity index (χ4n) is 2.04. The number of methoxy groups -OCH3 is 1. The van der Waals surface area contributed by atoms with Gasteiger partial charge in [-0.3, -0.25) is 0 Å². The molecule has 0 spiro atoms. The van der Waals surface area contributed by atoms with Crippen molar-refractivity contribution < 1.29 is 4.74 Å². The summed E-state index contributed by atoms with van der Waals surface area (Å²) in [5.74, 6) is 0.683. The maximum atomic E-state index is 5.10. The number of hydrogen-bond acceptors (Lipinski definition) is 4. The summed E-state index contributed by atoms with van der Waals surface area (Å²) >= 11 is 0. The number of aromatic nitrogens is 1. The molecule has 0 radical (unpaired) electrons. The molecule has 1 unspecified atom stereocenters. The van der Waals surface area contributed by atoms with Gasteiger partial charge in [-0.25, -0.2) is 4.98 Å². The van der Waals surface area contributed by atoms with Gasteiger partial charge < -0.3 is 15.0 Å². The molecule has 1 aromatic rings. The van der Waals surface area contributed by atoms with Gasteiger partial charge in [0.1, 0.15) is 0 Å². The molecule has 4 nitrogen and oxygen atoms in total. The number of ether oxygens (including phenoxy) is 1. The molecule has 1 saturated heterocycles. The van der Waals surface area contributed by atoms with E-state index >= 15 is 0 Å². The minimum absolute atomic E-state index is 0.615. The van der Waals surface area contributed by atoms with Crippen molar-refractivity contribution in [2.45, 2.75) is 19.0 Å². The molecule has 88 valence electrons. The van der Waals surface area contributed by atoms with E-state index in [1.807, 2.05) is 12.1 Å². The summed E-state index contributed by atoms with van der Waals surface area (Å²) in [6.07, 6.45) is 3.02. The van der Waals surface area contributed by atoms with Gasteiger partial charge in [-0.1, -0.05) is 0 Å². The van der Waals surface area contributed by atoms with Crippen LogP contribution >= 0.6 is 0 Å². The molecule has 2 heterocycles. The summed E-state index contributed by atoms with van der Waals surface area (Å²) in [6, 6.07) is 4.61. The molecule has 1 aliphatic rings. The second-order valence-corrected chi connectivity index (χ2v) is 4.34. The molecule has 0 aromatic carbocycles. The summed E-state index contributed by atoms with van der Waals surface area (Å²) in [5, 5.41) is 3.55. The first-order valence-electron chi connectivity index (χ1n) is 5.69. The predicted molar refractivity (Wildman–Crippen MR) is 63.5 cm³/mol. The molecule has 0 aliphatic carbocycles. The highest BCUT2D eigenvalue weighted by atomic mass is 16.5. The zero-order valence-corrected chi connectivity index (χ0v) is 9.94. The fourth-order valence-corrected chi connectivity index (χ4v) is 2.04. The van der Waals surface area contributed by atoms with Crippen LogP contribution in [-0.4, -0.2) is 43.2 Å². The summed E-state index contributed by atoms with van der Waals surface area (Å²) in [4.78, 5) is 6.44. The van der Waals surface area contributed by atoms with E-state index in [4.69, 9.17) is 4.74 Å². The molecule has 1 fully saturated rings. The maximum Gasteiger partial charge on any atom is 0.213 e. The molecular weight excluding hydrogens is 202 g/mol. The lowest BCUT2D eigenvalue weighted by Gasteiger charge is -2.12. The van der Waals surface area contributed by atoms with Crippen LogP contribution < -0.4 is 10.1 Å². The highest BCUT2D eigenvalue weighted by Gasteiger charge is 2.18. The van der Waals surface area contributed by atoms with Crippen LogP contribution in [0.25, 0.3) is 0 Å². The summed E-state index contributed by atoms with van der Waals surface area (Å²) in [5.41, 5.74) is 1.22. The minimum Gasteiger partial charge on any atom is -0.481 e. The Morgan fingerprint density at radius 1 is 1.62 bits per heavy atom. The standard InChI is InChI=1S/C12H19N3O/c1-15-6-4-11(9-15)14-8-10-3-5-13-12(7-10)16-2/h3,5,7,11,14H,4,6,8-9H2,1-2H3. The third-order valence-corrected chi connectivity index (χ3v) is 2.99. The molecule has 16 heavy (non-hydrogen) atoms. The number of nitrogens with one attached hydrogen (secondary N) is 1. The Hall–Kier alpha value is -1.13. The lowest BCUT2D eigenvalue weighted by atomic mass is 10.2. The van der Waals surface area contributed by atoms with E-state index in [2.05, 4.69) is 22.2 Å². The topological polar surface area (TPSA) is 37.4 Å². The smallest absolute Gasteiger partial charge is 0.213 e. The summed E-state index contributed by atoms with van der Waals surface area (Å²) in [6.45, 7) is 3.22. The molecule has 1 atom stereocenters. The van der Waals surface area contributed by atoms with Crippen LogP contribution in [-0.2, 0) is 6.54 Å². The van der Waals surface area contributed by atoms with Crippen molar-refractivity contribution in [3.05, 3.63) is 23.9 Å². The fraction of sp³-hybridized carbons (Fsp3) is 0.583. The third-order valence-electron chi connectivity index (χ3n) is 2.99. The Kier molecular flexibility index (Phi) is 3.74. The third kappa shape index (κ3) is 2.93. The van der Waals surface area contributed by atoms with Crippen LogP contribution in [0.4, 0.5) is 0 Å². The van der Waals surface area contributed by atoms with Crippen molar-refractivity contribution in [1.29, 1.82) is 0 Å². The highest BCUT2D eigenvalue weighted by Crippen LogP contribution is 2.10. The number of rotatable bonds is 4. The lowest BCUT2D eigenvalue weighted by Crippen LogP contribution is -2.30. The average molecular weight is 221 g/mol. The van der Waals surface area contributed by atoms with Gasteiger partial charge in [-0.05, 0) is 31.6 Å². The van der Waals surface area contributed by atoms with Gasteiger partial charge >= 0.3 is 0 Å². The Labute approximate surface area is 96.6 Å². The molecular formula is C12H19N3O. The Morgan fingerprint density at radius 2 is 2.50 bits per heavy atom. The van der Waals surface area contributed by atoms with Crippen molar-refractivity contribution in [3.8, 4) is 5.88 Å². The summed E-state index contributed by atoms with van der Waals surface area (Å²) < 4.78 is 5.10. The SMILES string of the molecule is COc1cc(CNC2CCN(C)C2)ccn1. The van der Waals surface area contributed by atoms with E-state index < -0.39 is 0 Å². The number of pyridine rings is 1. The van der Waals surface area contributed by atoms with Crippen molar-refractivity contribution >= 4 is 0 Å². The van der Waals surface area contributed by atoms with Crippen LogP contribution in [0.15, 0.2) is 18.3 Å². The van der Waals surface area contributed by atoms with Crippen molar-refractivity contribution in [1.82, 2.24) is 15.2 Å². The molecule has 0 amide bonds. The van der Waals surface area contributed by atoms with E-state index in [1.54, 1.807) is 13.3 Å². The van der Waals surface area contributed by atoms with Crippen LogP contribution in [0.5, 0.6) is 5.88 Å². The second-order valence-electron chi connectivity index (χ2n) is 4.34. The maximum absolute atomic E-state index is 5.10. The van der Waals surface area contributed by atoms with E-state index in [0.29, 0.717) is 11.9 Å². The van der Waals surface area contributed by atoms with Crippen molar-refractivity contribution in [2.75, 3.05) is 27.2 Å². The molecule has 2 rings (SSSR count). The van der Waals surface area contributed by atoms with Gasteiger partial charge in [0, 0.05) is 31.4 Å². The molecule has 1 aromatic heterocycles. The second kappa shape index (κ2) is 5.27. The van der Waals surface area contributed by atoms with Crippen LogP contribution in [0.3, 0.4) is 0 Å². The number of likely N-dealkylation sites (tertiary alicyclic amines) is 1. The van der Waals surface area contributed by atoms with Gasteiger partial charge in [-0.15, -0.1) is 0 Å². The predicted octanol–water partition coefficient (Wildman–Crippen LogP) is 0.884. The monoisotopic (exact) mass is 221 g/mol. The van der Waals surface area contributed by atoms with Gasteiger partial charge in [0.25, 0.3) is 0 Å². The molecule has 0 bridgehead atoms. The Bertz CT molecular complexity index is 343. The van der Waals surface area contributed by atoms with Gasteiger partial charge in [0.15, 0.2) is 0 Å². The largest absolute Gasteiger partial charge is 0.481 e. The Morgan fingerprint density at radius 3 is 3.19 bits per heavy atom. The average Bonchev–Trinajstić information content (AvgIpc) is 2.73. The van der Waals surface area contributed by atoms with Gasteiger partial charge in [0.2, 0.25) is 5.88 Å². The molecule has 1 N–H and O–H groups in total. The van der Waals surface area contributed by atoms with E-state index in [1.165, 1.54) is 18.5 Å². The van der Waals surface area contributed by atoms with E-state index in [9.17, 15) is 0 Å². The molecule has 0 saturated carbocycles. The zero-order valence-electron chi connectivity index (χ0n) is 9.94. The highest BCUT2D eigenvalue weighted by molar-refractivity contribution is 5.20. The Balaban J connectivity index is 1.84. The minimum atomic E-state index is 0.615. The normalized spacial score (nSPS) is 21.2. The van der Waals surface area contributed by atoms with Gasteiger partial charge in [0.05, 0.1) is 7.11 Å². The quantitative estimate of drug-likeness (QED) is 0.819. The number of likely N-dealkylation sites (N-methyl/N-ethyl adjacent to an activating group) is 1. The lowest BCUT2D eigenvalue weighted by molar-refractivity contribution is 0.393. The molecule has 1 aliphatic heterocycles. The number of nitrogens with zero attached hydrogens (tertiary/aromatic N) is 2.